The zero-order chi connectivity index (χ0) is 15.2. The highest BCUT2D eigenvalue weighted by atomic mass is 32.1. The molecule has 5 nitrogen and oxygen atoms in total. The maximum absolute atomic E-state index is 5.67. The predicted molar refractivity (Wildman–Crippen MR) is 85.9 cm³/mol. The number of benzene rings is 1. The van der Waals surface area contributed by atoms with Gasteiger partial charge in [0.2, 0.25) is 11.7 Å². The van der Waals surface area contributed by atoms with Crippen molar-refractivity contribution in [1.29, 1.82) is 0 Å². The minimum absolute atomic E-state index is 0.608. The highest BCUT2D eigenvalue weighted by molar-refractivity contribution is 7.13. The Bertz CT molecular complexity index is 683. The Hall–Kier alpha value is -2.18. The molecule has 0 spiro atoms. The van der Waals surface area contributed by atoms with Crippen molar-refractivity contribution < 1.29 is 9.26 Å². The Morgan fingerprint density at radius 1 is 1.18 bits per heavy atom. The van der Waals surface area contributed by atoms with Crippen molar-refractivity contribution in [3.8, 4) is 16.5 Å². The summed E-state index contributed by atoms with van der Waals surface area (Å²) in [4.78, 5) is 7.52. The van der Waals surface area contributed by atoms with Gasteiger partial charge in [0.1, 0.15) is 12.4 Å². The molecule has 0 saturated heterocycles. The lowest BCUT2D eigenvalue weighted by molar-refractivity contribution is 0.213. The molecule has 0 aliphatic carbocycles. The van der Waals surface area contributed by atoms with E-state index >= 15 is 0 Å². The van der Waals surface area contributed by atoms with Crippen LogP contribution in [0.1, 0.15) is 5.89 Å². The standard InChI is InChI=1S/C16H17N3O2S/c1-19(9-10-20-13-6-3-2-4-7-13)12-15-17-16(18-21-15)14-8-5-11-22-14/h2-8,11H,9-10,12H2,1H3. The molecular formula is C16H17N3O2S. The van der Waals surface area contributed by atoms with Gasteiger partial charge in [-0.05, 0) is 30.6 Å². The lowest BCUT2D eigenvalue weighted by atomic mass is 10.3. The van der Waals surface area contributed by atoms with Crippen LogP contribution in [0.2, 0.25) is 0 Å². The minimum atomic E-state index is 0.608. The molecule has 0 radical (unpaired) electrons. The second kappa shape index (κ2) is 7.20. The summed E-state index contributed by atoms with van der Waals surface area (Å²) in [6.45, 7) is 2.01. The second-order valence-corrected chi connectivity index (χ2v) is 5.84. The van der Waals surface area contributed by atoms with Gasteiger partial charge < -0.3 is 9.26 Å². The number of aromatic nitrogens is 2. The first-order valence-corrected chi connectivity index (χ1v) is 7.92. The smallest absolute Gasteiger partial charge is 0.241 e. The van der Waals surface area contributed by atoms with Gasteiger partial charge in [-0.2, -0.15) is 4.98 Å². The van der Waals surface area contributed by atoms with Gasteiger partial charge in [-0.3, -0.25) is 4.90 Å². The highest BCUT2D eigenvalue weighted by Crippen LogP contribution is 2.21. The molecule has 0 aliphatic heterocycles. The topological polar surface area (TPSA) is 51.4 Å². The SMILES string of the molecule is CN(CCOc1ccccc1)Cc1nc(-c2cccs2)no1. The first-order chi connectivity index (χ1) is 10.8. The van der Waals surface area contributed by atoms with Crippen molar-refractivity contribution in [3.05, 3.63) is 53.7 Å². The second-order valence-electron chi connectivity index (χ2n) is 4.89. The van der Waals surface area contributed by atoms with E-state index in [1.807, 2.05) is 54.9 Å². The number of ether oxygens (including phenoxy) is 1. The van der Waals surface area contributed by atoms with E-state index in [1.54, 1.807) is 11.3 Å². The number of thiophene rings is 1. The first-order valence-electron chi connectivity index (χ1n) is 7.04. The highest BCUT2D eigenvalue weighted by Gasteiger charge is 2.11. The molecule has 0 atom stereocenters. The van der Waals surface area contributed by atoms with Crippen LogP contribution in [0.3, 0.4) is 0 Å². The summed E-state index contributed by atoms with van der Waals surface area (Å²) in [6, 6.07) is 13.8. The summed E-state index contributed by atoms with van der Waals surface area (Å²) >= 11 is 1.60. The van der Waals surface area contributed by atoms with E-state index in [0.717, 1.165) is 17.2 Å². The van der Waals surface area contributed by atoms with E-state index in [9.17, 15) is 0 Å². The average molecular weight is 315 g/mol. The number of hydrogen-bond acceptors (Lipinski definition) is 6. The summed E-state index contributed by atoms with van der Waals surface area (Å²) in [5.74, 6) is 2.15. The van der Waals surface area contributed by atoms with Crippen LogP contribution in [0, 0.1) is 0 Å². The summed E-state index contributed by atoms with van der Waals surface area (Å²) in [6.07, 6.45) is 0. The molecule has 6 heteroatoms. The third-order valence-electron chi connectivity index (χ3n) is 3.10. The molecule has 2 heterocycles. The van der Waals surface area contributed by atoms with E-state index < -0.39 is 0 Å². The Labute approximate surface area is 133 Å². The lowest BCUT2D eigenvalue weighted by Crippen LogP contribution is -2.24. The molecule has 0 saturated carbocycles. The van der Waals surface area contributed by atoms with Gasteiger partial charge >= 0.3 is 0 Å². The predicted octanol–water partition coefficient (Wildman–Crippen LogP) is 3.31. The van der Waals surface area contributed by atoms with Crippen LogP contribution in [0.25, 0.3) is 10.7 Å². The summed E-state index contributed by atoms with van der Waals surface area (Å²) in [5, 5.41) is 6.00. The Morgan fingerprint density at radius 2 is 2.05 bits per heavy atom. The quantitative estimate of drug-likeness (QED) is 0.669. The summed E-state index contributed by atoms with van der Waals surface area (Å²) in [7, 11) is 2.00. The van der Waals surface area contributed by atoms with Crippen molar-refractivity contribution in [2.45, 2.75) is 6.54 Å². The lowest BCUT2D eigenvalue weighted by Gasteiger charge is -2.14. The van der Waals surface area contributed by atoms with Crippen LogP contribution < -0.4 is 4.74 Å². The molecule has 0 bridgehead atoms. The Balaban J connectivity index is 1.46. The number of likely N-dealkylation sites (N-methyl/N-ethyl adjacent to an activating group) is 1. The zero-order valence-corrected chi connectivity index (χ0v) is 13.1. The summed E-state index contributed by atoms with van der Waals surface area (Å²) in [5.41, 5.74) is 0. The van der Waals surface area contributed by atoms with Crippen molar-refractivity contribution in [3.63, 3.8) is 0 Å². The first kappa shape index (κ1) is 14.7. The number of para-hydroxylation sites is 1. The van der Waals surface area contributed by atoms with Crippen LogP contribution in [-0.4, -0.2) is 35.2 Å². The molecule has 2 aromatic heterocycles. The molecular weight excluding hydrogens is 298 g/mol. The van der Waals surface area contributed by atoms with Gasteiger partial charge in [-0.25, -0.2) is 0 Å². The van der Waals surface area contributed by atoms with Gasteiger partial charge in [0.15, 0.2) is 0 Å². The maximum Gasteiger partial charge on any atom is 0.241 e. The van der Waals surface area contributed by atoms with E-state index in [-0.39, 0.29) is 0 Å². The van der Waals surface area contributed by atoms with Crippen molar-refractivity contribution in [2.24, 2.45) is 0 Å². The number of hydrogen-bond donors (Lipinski definition) is 0. The fourth-order valence-corrected chi connectivity index (χ4v) is 2.62. The van der Waals surface area contributed by atoms with Crippen LogP contribution in [-0.2, 0) is 6.54 Å². The van der Waals surface area contributed by atoms with E-state index in [0.29, 0.717) is 24.9 Å². The normalized spacial score (nSPS) is 11.0. The molecule has 3 rings (SSSR count). The van der Waals surface area contributed by atoms with E-state index in [1.165, 1.54) is 0 Å². The molecule has 0 fully saturated rings. The number of rotatable bonds is 7. The Kier molecular flexibility index (Phi) is 4.82. The molecule has 0 N–H and O–H groups in total. The van der Waals surface area contributed by atoms with E-state index in [2.05, 4.69) is 15.0 Å². The van der Waals surface area contributed by atoms with Crippen LogP contribution in [0.5, 0.6) is 5.75 Å². The van der Waals surface area contributed by atoms with Gasteiger partial charge in [-0.1, -0.05) is 29.4 Å². The number of nitrogens with zero attached hydrogens (tertiary/aromatic N) is 3. The third kappa shape index (κ3) is 3.93. The van der Waals surface area contributed by atoms with Crippen LogP contribution >= 0.6 is 11.3 Å². The maximum atomic E-state index is 5.67. The minimum Gasteiger partial charge on any atom is -0.492 e. The molecule has 0 amide bonds. The Morgan fingerprint density at radius 3 is 2.82 bits per heavy atom. The molecule has 22 heavy (non-hydrogen) atoms. The van der Waals surface area contributed by atoms with Gasteiger partial charge in [0.05, 0.1) is 11.4 Å². The van der Waals surface area contributed by atoms with Crippen LogP contribution in [0.4, 0.5) is 0 Å². The largest absolute Gasteiger partial charge is 0.492 e. The molecule has 0 aliphatic rings. The van der Waals surface area contributed by atoms with Crippen LogP contribution in [0.15, 0.2) is 52.4 Å². The van der Waals surface area contributed by atoms with Gasteiger partial charge in [0, 0.05) is 6.54 Å². The fourth-order valence-electron chi connectivity index (χ4n) is 1.97. The molecule has 114 valence electrons. The van der Waals surface area contributed by atoms with Gasteiger partial charge in [-0.15, -0.1) is 11.3 Å². The van der Waals surface area contributed by atoms with Crippen molar-refractivity contribution >= 4 is 11.3 Å². The van der Waals surface area contributed by atoms with E-state index in [4.69, 9.17) is 9.26 Å². The average Bonchev–Trinajstić information content (AvgIpc) is 3.19. The van der Waals surface area contributed by atoms with Crippen molar-refractivity contribution in [1.82, 2.24) is 15.0 Å². The summed E-state index contributed by atoms with van der Waals surface area (Å²) < 4.78 is 11.0. The molecule has 0 unspecified atom stereocenters. The van der Waals surface area contributed by atoms with Gasteiger partial charge in [0.25, 0.3) is 0 Å². The monoisotopic (exact) mass is 315 g/mol. The molecule has 1 aromatic carbocycles. The fraction of sp³-hybridized carbons (Fsp3) is 0.250. The zero-order valence-electron chi connectivity index (χ0n) is 12.3. The third-order valence-corrected chi connectivity index (χ3v) is 3.97. The molecule has 3 aromatic rings. The van der Waals surface area contributed by atoms with Crippen molar-refractivity contribution in [2.75, 3.05) is 20.2 Å².